The van der Waals surface area contributed by atoms with Gasteiger partial charge >= 0.3 is 0 Å². The minimum Gasteiger partial charge on any atom is -0.354 e. The zero-order valence-corrected chi connectivity index (χ0v) is 14.0. The topological polar surface area (TPSA) is 32.3 Å². The van der Waals surface area contributed by atoms with E-state index in [1.54, 1.807) is 0 Å². The summed E-state index contributed by atoms with van der Waals surface area (Å²) in [5.41, 5.74) is 1.16. The number of rotatable bonds is 4. The monoisotopic (exact) mass is 328 g/mol. The van der Waals surface area contributed by atoms with Crippen LogP contribution in [0.3, 0.4) is 0 Å². The van der Waals surface area contributed by atoms with Gasteiger partial charge in [-0.05, 0) is 57.5 Å². The van der Waals surface area contributed by atoms with E-state index in [9.17, 15) is 4.79 Å². The molecule has 0 spiro atoms. The molecule has 1 aliphatic rings. The molecule has 0 unspecified atom stereocenters. The number of amides is 1. The minimum absolute atomic E-state index is 0.150. The molecule has 1 fully saturated rings. The molecule has 21 heavy (non-hydrogen) atoms. The van der Waals surface area contributed by atoms with Crippen LogP contribution in [0.1, 0.15) is 32.3 Å². The van der Waals surface area contributed by atoms with Crippen molar-refractivity contribution in [2.24, 2.45) is 5.92 Å². The lowest BCUT2D eigenvalue weighted by molar-refractivity contribution is -0.127. The van der Waals surface area contributed by atoms with Gasteiger partial charge in [0.25, 0.3) is 0 Å². The third-order valence-electron chi connectivity index (χ3n) is 3.78. The average Bonchev–Trinajstić information content (AvgIpc) is 2.43. The number of benzene rings is 1. The molecule has 2 rings (SSSR count). The summed E-state index contributed by atoms with van der Waals surface area (Å²) in [4.78, 5) is 14.4. The number of nitrogens with one attached hydrogen (secondary N) is 1. The van der Waals surface area contributed by atoms with Gasteiger partial charge in [-0.25, -0.2) is 0 Å². The standard InChI is InChI=1S/C16H22Cl2N2O/c1-11(2)19-16(21)13-5-7-20(8-6-13)10-12-3-4-14(17)15(18)9-12/h3-4,9,11,13H,5-8,10H2,1-2H3,(H,19,21). The molecule has 0 bridgehead atoms. The smallest absolute Gasteiger partial charge is 0.223 e. The molecule has 0 atom stereocenters. The summed E-state index contributed by atoms with van der Waals surface area (Å²) in [7, 11) is 0. The van der Waals surface area contributed by atoms with Gasteiger partial charge in [-0.1, -0.05) is 29.3 Å². The van der Waals surface area contributed by atoms with Crippen molar-refractivity contribution in [1.82, 2.24) is 10.2 Å². The van der Waals surface area contributed by atoms with Gasteiger partial charge in [0.15, 0.2) is 0 Å². The Morgan fingerprint density at radius 1 is 1.29 bits per heavy atom. The molecule has 0 radical (unpaired) electrons. The van der Waals surface area contributed by atoms with E-state index >= 15 is 0 Å². The first-order valence-corrected chi connectivity index (χ1v) is 8.18. The van der Waals surface area contributed by atoms with Gasteiger partial charge in [0.05, 0.1) is 10.0 Å². The first-order valence-electron chi connectivity index (χ1n) is 7.42. The van der Waals surface area contributed by atoms with Crippen molar-refractivity contribution >= 4 is 29.1 Å². The molecule has 1 aromatic carbocycles. The fraction of sp³-hybridized carbons (Fsp3) is 0.562. The van der Waals surface area contributed by atoms with Gasteiger partial charge in [0.1, 0.15) is 0 Å². The minimum atomic E-state index is 0.150. The highest BCUT2D eigenvalue weighted by atomic mass is 35.5. The first-order chi connectivity index (χ1) is 9.95. The number of hydrogen-bond acceptors (Lipinski definition) is 2. The lowest BCUT2D eigenvalue weighted by Gasteiger charge is -2.31. The van der Waals surface area contributed by atoms with Gasteiger partial charge in [-0.3, -0.25) is 9.69 Å². The summed E-state index contributed by atoms with van der Waals surface area (Å²) in [5.74, 6) is 0.344. The van der Waals surface area contributed by atoms with Crippen molar-refractivity contribution in [3.8, 4) is 0 Å². The van der Waals surface area contributed by atoms with E-state index in [-0.39, 0.29) is 17.9 Å². The Bertz CT molecular complexity index is 497. The van der Waals surface area contributed by atoms with Crippen LogP contribution in [0, 0.1) is 5.92 Å². The van der Waals surface area contributed by atoms with Crippen LogP contribution in [0.5, 0.6) is 0 Å². The maximum Gasteiger partial charge on any atom is 0.223 e. The molecular weight excluding hydrogens is 307 g/mol. The largest absolute Gasteiger partial charge is 0.354 e. The fourth-order valence-electron chi connectivity index (χ4n) is 2.65. The SMILES string of the molecule is CC(C)NC(=O)C1CCN(Cc2ccc(Cl)c(Cl)c2)CC1. The first kappa shape index (κ1) is 16.6. The van der Waals surface area contributed by atoms with Crippen LogP contribution in [0.25, 0.3) is 0 Å². The fourth-order valence-corrected chi connectivity index (χ4v) is 2.97. The number of halogens is 2. The number of nitrogens with zero attached hydrogens (tertiary/aromatic N) is 1. The molecule has 1 N–H and O–H groups in total. The summed E-state index contributed by atoms with van der Waals surface area (Å²) in [6, 6.07) is 5.97. The Morgan fingerprint density at radius 2 is 1.95 bits per heavy atom. The average molecular weight is 329 g/mol. The normalized spacial score (nSPS) is 17.2. The third-order valence-corrected chi connectivity index (χ3v) is 4.52. The third kappa shape index (κ3) is 4.87. The van der Waals surface area contributed by atoms with Crippen molar-refractivity contribution in [1.29, 1.82) is 0 Å². The highest BCUT2D eigenvalue weighted by Gasteiger charge is 2.25. The van der Waals surface area contributed by atoms with Crippen molar-refractivity contribution in [3.05, 3.63) is 33.8 Å². The number of piperidine rings is 1. The number of carbonyl (C=O) groups is 1. The van der Waals surface area contributed by atoms with Gasteiger partial charge in [-0.15, -0.1) is 0 Å². The Morgan fingerprint density at radius 3 is 2.52 bits per heavy atom. The predicted octanol–water partition coefficient (Wildman–Crippen LogP) is 3.73. The Hall–Kier alpha value is -0.770. The molecule has 5 heteroatoms. The number of likely N-dealkylation sites (tertiary alicyclic amines) is 1. The summed E-state index contributed by atoms with van der Waals surface area (Å²) in [5, 5.41) is 4.19. The highest BCUT2D eigenvalue weighted by molar-refractivity contribution is 6.42. The van der Waals surface area contributed by atoms with Gasteiger partial charge < -0.3 is 5.32 Å². The van der Waals surface area contributed by atoms with E-state index in [1.807, 2.05) is 32.0 Å². The molecule has 0 aliphatic carbocycles. The molecule has 1 amide bonds. The van der Waals surface area contributed by atoms with E-state index in [4.69, 9.17) is 23.2 Å². The molecule has 0 aromatic heterocycles. The van der Waals surface area contributed by atoms with Crippen LogP contribution >= 0.6 is 23.2 Å². The van der Waals surface area contributed by atoms with Crippen molar-refractivity contribution in [3.63, 3.8) is 0 Å². The molecule has 116 valence electrons. The Balaban J connectivity index is 1.84. The van der Waals surface area contributed by atoms with E-state index in [1.165, 1.54) is 0 Å². The van der Waals surface area contributed by atoms with Crippen LogP contribution < -0.4 is 5.32 Å². The molecule has 1 heterocycles. The summed E-state index contributed by atoms with van der Waals surface area (Å²) in [6.07, 6.45) is 1.83. The summed E-state index contributed by atoms with van der Waals surface area (Å²) in [6.45, 7) is 6.73. The van der Waals surface area contributed by atoms with E-state index in [2.05, 4.69) is 10.2 Å². The second-order valence-electron chi connectivity index (χ2n) is 5.96. The van der Waals surface area contributed by atoms with Gasteiger partial charge in [0.2, 0.25) is 5.91 Å². The van der Waals surface area contributed by atoms with Crippen LogP contribution in [0.2, 0.25) is 10.0 Å². The molecular formula is C16H22Cl2N2O. The zero-order valence-electron chi connectivity index (χ0n) is 12.5. The quantitative estimate of drug-likeness (QED) is 0.913. The van der Waals surface area contributed by atoms with Crippen LogP contribution in [-0.4, -0.2) is 29.9 Å². The van der Waals surface area contributed by atoms with Crippen molar-refractivity contribution < 1.29 is 4.79 Å². The lowest BCUT2D eigenvalue weighted by Crippen LogP contribution is -2.42. The number of carbonyl (C=O) groups excluding carboxylic acids is 1. The van der Waals surface area contributed by atoms with Crippen molar-refractivity contribution in [2.45, 2.75) is 39.3 Å². The predicted molar refractivity (Wildman–Crippen MR) is 87.7 cm³/mol. The maximum absolute atomic E-state index is 12.0. The van der Waals surface area contributed by atoms with Crippen LogP contribution in [0.4, 0.5) is 0 Å². The maximum atomic E-state index is 12.0. The molecule has 3 nitrogen and oxygen atoms in total. The molecule has 1 saturated heterocycles. The summed E-state index contributed by atoms with van der Waals surface area (Å²) >= 11 is 12.0. The Kier molecular flexibility index (Phi) is 5.91. The zero-order chi connectivity index (χ0) is 15.4. The molecule has 0 saturated carbocycles. The van der Waals surface area contributed by atoms with Crippen molar-refractivity contribution in [2.75, 3.05) is 13.1 Å². The van der Waals surface area contributed by atoms with E-state index < -0.39 is 0 Å². The molecule has 1 aromatic rings. The Labute approximate surface area is 136 Å². The lowest BCUT2D eigenvalue weighted by atomic mass is 9.95. The van der Waals surface area contributed by atoms with E-state index in [0.717, 1.165) is 38.0 Å². The second kappa shape index (κ2) is 7.48. The van der Waals surface area contributed by atoms with Crippen LogP contribution in [-0.2, 0) is 11.3 Å². The van der Waals surface area contributed by atoms with Gasteiger partial charge in [-0.2, -0.15) is 0 Å². The molecule has 1 aliphatic heterocycles. The number of hydrogen-bond donors (Lipinski definition) is 1. The van der Waals surface area contributed by atoms with E-state index in [0.29, 0.717) is 10.0 Å². The van der Waals surface area contributed by atoms with Crippen LogP contribution in [0.15, 0.2) is 18.2 Å². The summed E-state index contributed by atoms with van der Waals surface area (Å²) < 4.78 is 0. The highest BCUT2D eigenvalue weighted by Crippen LogP contribution is 2.25. The van der Waals surface area contributed by atoms with Gasteiger partial charge in [0, 0.05) is 18.5 Å². The second-order valence-corrected chi connectivity index (χ2v) is 6.78.